The Hall–Kier alpha value is -2.83. The number of amides is 2. The highest BCUT2D eigenvalue weighted by Crippen LogP contribution is 2.52. The lowest BCUT2D eigenvalue weighted by Gasteiger charge is -2.19. The Bertz CT molecular complexity index is 808. The van der Waals surface area contributed by atoms with Crippen molar-refractivity contribution in [2.45, 2.75) is 25.9 Å². The first-order valence-electron chi connectivity index (χ1n) is 10.8. The van der Waals surface area contributed by atoms with Gasteiger partial charge < -0.3 is 15.4 Å². The number of imide groups is 1. The van der Waals surface area contributed by atoms with Crippen molar-refractivity contribution in [2.75, 3.05) is 26.7 Å². The summed E-state index contributed by atoms with van der Waals surface area (Å²) in [6.07, 6.45) is 5.89. The van der Waals surface area contributed by atoms with E-state index >= 15 is 0 Å². The molecule has 1 aromatic carbocycles. The fourth-order valence-corrected chi connectivity index (χ4v) is 4.86. The molecule has 1 aromatic rings. The van der Waals surface area contributed by atoms with E-state index in [2.05, 4.69) is 27.8 Å². The van der Waals surface area contributed by atoms with Crippen molar-refractivity contribution in [3.63, 3.8) is 0 Å². The van der Waals surface area contributed by atoms with Gasteiger partial charge in [-0.2, -0.15) is 0 Å². The average molecular weight is 411 g/mol. The summed E-state index contributed by atoms with van der Waals surface area (Å²) in [5.41, 5.74) is 0. The maximum Gasteiger partial charge on any atom is 0.233 e. The minimum atomic E-state index is -0.110. The third-order valence-electron chi connectivity index (χ3n) is 6.27. The maximum absolute atomic E-state index is 12.7. The molecule has 0 radical (unpaired) electrons. The second-order valence-electron chi connectivity index (χ2n) is 8.30. The van der Waals surface area contributed by atoms with E-state index in [1.807, 2.05) is 37.3 Å². The van der Waals surface area contributed by atoms with Gasteiger partial charge in [0.2, 0.25) is 11.8 Å². The summed E-state index contributed by atoms with van der Waals surface area (Å²) in [5.74, 6) is 1.87. The number of fused-ring (bicyclic) bond motifs is 5. The molecule has 3 aliphatic rings. The number of guanidine groups is 1. The first kappa shape index (κ1) is 20.4. The van der Waals surface area contributed by atoms with E-state index in [0.29, 0.717) is 32.0 Å². The fraction of sp³-hybridized carbons (Fsp3) is 0.522. The normalized spacial score (nSPS) is 28.1. The Kier molecular flexibility index (Phi) is 6.06. The molecule has 5 unspecified atom stereocenters. The number of hydrogen-bond acceptors (Lipinski definition) is 4. The van der Waals surface area contributed by atoms with Gasteiger partial charge in [-0.05, 0) is 43.7 Å². The number of nitrogens with zero attached hydrogens (tertiary/aromatic N) is 2. The van der Waals surface area contributed by atoms with Crippen LogP contribution in [0.3, 0.4) is 0 Å². The smallest absolute Gasteiger partial charge is 0.233 e. The summed E-state index contributed by atoms with van der Waals surface area (Å²) in [7, 11) is 1.72. The zero-order valence-electron chi connectivity index (χ0n) is 17.6. The summed E-state index contributed by atoms with van der Waals surface area (Å²) in [6, 6.07) is 9.71. The van der Waals surface area contributed by atoms with E-state index in [1.165, 1.54) is 4.90 Å². The number of allylic oxidation sites excluding steroid dienone is 2. The molecule has 2 aliphatic carbocycles. The quantitative estimate of drug-likeness (QED) is 0.225. The topological polar surface area (TPSA) is 83.0 Å². The summed E-state index contributed by atoms with van der Waals surface area (Å²) in [4.78, 5) is 31.1. The Morgan fingerprint density at radius 2 is 1.80 bits per heavy atom. The lowest BCUT2D eigenvalue weighted by molar-refractivity contribution is -0.140. The molecule has 30 heavy (non-hydrogen) atoms. The van der Waals surface area contributed by atoms with Gasteiger partial charge >= 0.3 is 0 Å². The number of ether oxygens (including phenoxy) is 1. The van der Waals surface area contributed by atoms with Crippen molar-refractivity contribution in [1.82, 2.24) is 15.5 Å². The largest absolute Gasteiger partial charge is 0.489 e. The Morgan fingerprint density at radius 3 is 2.43 bits per heavy atom. The van der Waals surface area contributed by atoms with Crippen LogP contribution < -0.4 is 15.4 Å². The van der Waals surface area contributed by atoms with Crippen LogP contribution >= 0.6 is 0 Å². The summed E-state index contributed by atoms with van der Waals surface area (Å²) >= 11 is 0. The molecule has 0 spiro atoms. The van der Waals surface area contributed by atoms with Crippen molar-refractivity contribution in [3.05, 3.63) is 42.5 Å². The minimum absolute atomic E-state index is 0.0193. The van der Waals surface area contributed by atoms with E-state index in [9.17, 15) is 9.59 Å². The number of aliphatic imine (C=N–C) groups is 1. The van der Waals surface area contributed by atoms with Crippen LogP contribution in [0.15, 0.2) is 47.5 Å². The zero-order chi connectivity index (χ0) is 21.1. The van der Waals surface area contributed by atoms with Gasteiger partial charge in [-0.3, -0.25) is 19.5 Å². The SMILES string of the molecule is CN=C(NCCCN1C(=O)C2C3C=CC(C3)C2C1=O)NCC(C)Oc1ccccc1. The molecule has 2 amide bonds. The average Bonchev–Trinajstić information content (AvgIpc) is 3.43. The number of carbonyl (C=O) groups is 2. The second-order valence-corrected chi connectivity index (χ2v) is 8.30. The molecule has 1 saturated carbocycles. The van der Waals surface area contributed by atoms with Crippen molar-refractivity contribution in [1.29, 1.82) is 0 Å². The molecular weight excluding hydrogens is 380 g/mol. The van der Waals surface area contributed by atoms with Crippen LogP contribution in [0.5, 0.6) is 5.75 Å². The van der Waals surface area contributed by atoms with Crippen molar-refractivity contribution in [3.8, 4) is 5.75 Å². The molecule has 5 atom stereocenters. The van der Waals surface area contributed by atoms with Crippen LogP contribution in [0.4, 0.5) is 0 Å². The van der Waals surface area contributed by atoms with E-state index in [0.717, 1.165) is 12.2 Å². The molecule has 2 N–H and O–H groups in total. The highest BCUT2D eigenvalue weighted by molar-refractivity contribution is 6.06. The van der Waals surface area contributed by atoms with Crippen LogP contribution in [-0.2, 0) is 9.59 Å². The Balaban J connectivity index is 1.17. The fourth-order valence-electron chi connectivity index (χ4n) is 4.86. The number of carbonyl (C=O) groups excluding carboxylic acids is 2. The van der Waals surface area contributed by atoms with E-state index in [-0.39, 0.29) is 41.6 Å². The van der Waals surface area contributed by atoms with Crippen LogP contribution in [0.1, 0.15) is 19.8 Å². The molecule has 2 bridgehead atoms. The van der Waals surface area contributed by atoms with E-state index < -0.39 is 0 Å². The number of rotatable bonds is 8. The van der Waals surface area contributed by atoms with Gasteiger partial charge in [0, 0.05) is 20.1 Å². The summed E-state index contributed by atoms with van der Waals surface area (Å²) < 4.78 is 5.85. The monoisotopic (exact) mass is 410 g/mol. The predicted molar refractivity (Wildman–Crippen MR) is 115 cm³/mol. The molecule has 1 saturated heterocycles. The predicted octanol–water partition coefficient (Wildman–Crippen LogP) is 1.82. The third kappa shape index (κ3) is 4.06. The number of hydrogen-bond donors (Lipinski definition) is 2. The summed E-state index contributed by atoms with van der Waals surface area (Å²) in [5, 5.41) is 6.49. The van der Waals surface area contributed by atoms with Gasteiger partial charge in [0.1, 0.15) is 11.9 Å². The molecule has 2 fully saturated rings. The van der Waals surface area contributed by atoms with E-state index in [1.54, 1.807) is 7.05 Å². The van der Waals surface area contributed by atoms with Gasteiger partial charge in [0.15, 0.2) is 5.96 Å². The zero-order valence-corrected chi connectivity index (χ0v) is 17.6. The Morgan fingerprint density at radius 1 is 1.13 bits per heavy atom. The standard InChI is InChI=1S/C23H30N4O3/c1-15(30-18-7-4-3-5-8-18)14-26-23(24-2)25-11-6-12-27-21(28)19-16-9-10-17(13-16)20(19)22(27)29/h3-5,7-10,15-17,19-20H,6,11-14H2,1-2H3,(H2,24,25,26). The molecule has 7 nitrogen and oxygen atoms in total. The van der Waals surface area contributed by atoms with Crippen molar-refractivity contribution < 1.29 is 14.3 Å². The number of para-hydroxylation sites is 1. The second kappa shape index (κ2) is 8.90. The number of likely N-dealkylation sites (tertiary alicyclic amines) is 1. The van der Waals surface area contributed by atoms with Gasteiger partial charge in [0.05, 0.1) is 18.4 Å². The minimum Gasteiger partial charge on any atom is -0.489 e. The highest BCUT2D eigenvalue weighted by Gasteiger charge is 2.58. The van der Waals surface area contributed by atoms with Crippen LogP contribution in [0.2, 0.25) is 0 Å². The molecule has 4 rings (SSSR count). The van der Waals surface area contributed by atoms with E-state index in [4.69, 9.17) is 4.74 Å². The molecule has 0 aromatic heterocycles. The molecule has 1 aliphatic heterocycles. The van der Waals surface area contributed by atoms with Gasteiger partial charge in [-0.25, -0.2) is 0 Å². The Labute approximate surface area is 177 Å². The van der Waals surface area contributed by atoms with Crippen molar-refractivity contribution in [2.24, 2.45) is 28.7 Å². The molecular formula is C23H30N4O3. The molecule has 7 heteroatoms. The highest BCUT2D eigenvalue weighted by atomic mass is 16.5. The number of benzene rings is 1. The first-order chi connectivity index (χ1) is 14.6. The van der Waals surface area contributed by atoms with Gasteiger partial charge in [-0.15, -0.1) is 0 Å². The number of nitrogens with one attached hydrogen (secondary N) is 2. The maximum atomic E-state index is 12.7. The van der Waals surface area contributed by atoms with Gasteiger partial charge in [0.25, 0.3) is 0 Å². The summed E-state index contributed by atoms with van der Waals surface area (Å²) in [6.45, 7) is 3.69. The van der Waals surface area contributed by atoms with Crippen LogP contribution in [0, 0.1) is 23.7 Å². The lowest BCUT2D eigenvalue weighted by atomic mass is 9.85. The third-order valence-corrected chi connectivity index (χ3v) is 6.27. The molecule has 1 heterocycles. The van der Waals surface area contributed by atoms with Crippen LogP contribution in [-0.4, -0.2) is 55.5 Å². The van der Waals surface area contributed by atoms with Gasteiger partial charge in [-0.1, -0.05) is 30.4 Å². The first-order valence-corrected chi connectivity index (χ1v) is 10.8. The van der Waals surface area contributed by atoms with Crippen molar-refractivity contribution >= 4 is 17.8 Å². The lowest BCUT2D eigenvalue weighted by Crippen LogP contribution is -2.43. The van der Waals surface area contributed by atoms with Crippen LogP contribution in [0.25, 0.3) is 0 Å². The molecule has 160 valence electrons.